The molecule has 1 aliphatic heterocycles. The van der Waals surface area contributed by atoms with Crippen molar-refractivity contribution in [3.05, 3.63) is 10.6 Å². The van der Waals surface area contributed by atoms with E-state index in [2.05, 4.69) is 9.88 Å². The molecule has 0 aromatic carbocycles. The van der Waals surface area contributed by atoms with Crippen molar-refractivity contribution in [3.63, 3.8) is 0 Å². The van der Waals surface area contributed by atoms with Crippen LogP contribution in [0.25, 0.3) is 0 Å². The lowest BCUT2D eigenvalue weighted by molar-refractivity contribution is 0.0700. The number of hydrogen-bond donors (Lipinski definition) is 1. The monoisotopic (exact) mass is 282 g/mol. The number of hydrogen-bond acceptors (Lipinski definition) is 5. The quantitative estimate of drug-likeness (QED) is 0.918. The van der Waals surface area contributed by atoms with Crippen LogP contribution in [-0.2, 0) is 4.74 Å². The molecular formula is C13H18N2O3S. The van der Waals surface area contributed by atoms with Crippen LogP contribution < -0.4 is 4.90 Å². The first-order chi connectivity index (χ1) is 9.19. The summed E-state index contributed by atoms with van der Waals surface area (Å²) in [6.45, 7) is 1.75. The summed E-state index contributed by atoms with van der Waals surface area (Å²) in [4.78, 5) is 18.5. The fourth-order valence-electron chi connectivity index (χ4n) is 2.55. The molecule has 5 nitrogen and oxygen atoms in total. The Morgan fingerprint density at radius 2 is 2.26 bits per heavy atom. The van der Waals surface area contributed by atoms with E-state index in [0.29, 0.717) is 10.8 Å². The minimum absolute atomic E-state index is 0.232. The smallest absolute Gasteiger partial charge is 0.347 e. The van der Waals surface area contributed by atoms with Crippen molar-refractivity contribution < 1.29 is 14.6 Å². The first-order valence-corrected chi connectivity index (χ1v) is 7.52. The number of aromatic nitrogens is 1. The Labute approximate surface area is 116 Å². The average molecular weight is 282 g/mol. The maximum atomic E-state index is 11.3. The third-order valence-corrected chi connectivity index (χ3v) is 4.90. The summed E-state index contributed by atoms with van der Waals surface area (Å²) < 4.78 is 5.41. The molecule has 6 heteroatoms. The predicted octanol–water partition coefficient (Wildman–Crippen LogP) is 2.33. The second kappa shape index (κ2) is 5.09. The lowest BCUT2D eigenvalue weighted by atomic mass is 10.1. The standard InChI is InChI=1S/C13H18N2O3S/c1-18-9-3-2-6-15(7-9)13-14-10(8-4-5-8)11(19-13)12(16)17/h8-9H,2-7H2,1H3,(H,16,17). The number of methoxy groups -OCH3 is 1. The van der Waals surface area contributed by atoms with Crippen LogP contribution in [-0.4, -0.2) is 42.4 Å². The molecular weight excluding hydrogens is 264 g/mol. The van der Waals surface area contributed by atoms with E-state index in [4.69, 9.17) is 4.74 Å². The maximum absolute atomic E-state index is 11.3. The van der Waals surface area contributed by atoms with E-state index >= 15 is 0 Å². The maximum Gasteiger partial charge on any atom is 0.347 e. The van der Waals surface area contributed by atoms with Gasteiger partial charge in [-0.25, -0.2) is 9.78 Å². The van der Waals surface area contributed by atoms with E-state index in [1.165, 1.54) is 11.3 Å². The van der Waals surface area contributed by atoms with Crippen molar-refractivity contribution >= 4 is 22.4 Å². The summed E-state index contributed by atoms with van der Waals surface area (Å²) in [5, 5.41) is 10.1. The molecule has 3 rings (SSSR count). The number of anilines is 1. The summed E-state index contributed by atoms with van der Waals surface area (Å²) in [5.74, 6) is -0.468. The van der Waals surface area contributed by atoms with Gasteiger partial charge in [-0.2, -0.15) is 0 Å². The Bertz CT molecular complexity index is 484. The molecule has 0 amide bonds. The Kier molecular flexibility index (Phi) is 3.45. The number of carboxylic acid groups (broad SMARTS) is 1. The van der Waals surface area contributed by atoms with Gasteiger partial charge in [0.1, 0.15) is 4.88 Å². The number of piperidine rings is 1. The van der Waals surface area contributed by atoms with Crippen molar-refractivity contribution in [2.75, 3.05) is 25.1 Å². The van der Waals surface area contributed by atoms with Gasteiger partial charge >= 0.3 is 5.97 Å². The van der Waals surface area contributed by atoms with E-state index in [9.17, 15) is 9.90 Å². The van der Waals surface area contributed by atoms with Gasteiger partial charge in [0.2, 0.25) is 0 Å². The number of thiazole rings is 1. The van der Waals surface area contributed by atoms with Gasteiger partial charge in [0, 0.05) is 26.1 Å². The van der Waals surface area contributed by atoms with Crippen molar-refractivity contribution in [3.8, 4) is 0 Å². The van der Waals surface area contributed by atoms with E-state index in [0.717, 1.165) is 49.6 Å². The normalized spacial score (nSPS) is 23.6. The highest BCUT2D eigenvalue weighted by atomic mass is 32.1. The second-order valence-corrected chi connectivity index (χ2v) is 6.21. The summed E-state index contributed by atoms with van der Waals surface area (Å²) in [6, 6.07) is 0. The molecule has 1 aromatic rings. The highest BCUT2D eigenvalue weighted by Gasteiger charge is 2.33. The Balaban J connectivity index is 1.84. The molecule has 1 unspecified atom stereocenters. The van der Waals surface area contributed by atoms with Crippen molar-refractivity contribution in [1.82, 2.24) is 4.98 Å². The van der Waals surface area contributed by atoms with Crippen LogP contribution >= 0.6 is 11.3 Å². The van der Waals surface area contributed by atoms with Gasteiger partial charge in [-0.1, -0.05) is 11.3 Å². The fourth-order valence-corrected chi connectivity index (χ4v) is 3.57. The summed E-state index contributed by atoms with van der Waals surface area (Å²) >= 11 is 1.31. The number of carboxylic acids is 1. The zero-order valence-electron chi connectivity index (χ0n) is 11.0. The highest BCUT2D eigenvalue weighted by Crippen LogP contribution is 2.44. The van der Waals surface area contributed by atoms with Crippen LogP contribution in [0.3, 0.4) is 0 Å². The minimum atomic E-state index is -0.842. The van der Waals surface area contributed by atoms with Gasteiger partial charge in [-0.15, -0.1) is 0 Å². The fraction of sp³-hybridized carbons (Fsp3) is 0.692. The van der Waals surface area contributed by atoms with Gasteiger partial charge in [0.25, 0.3) is 0 Å². The number of aromatic carboxylic acids is 1. The van der Waals surface area contributed by atoms with Crippen molar-refractivity contribution in [1.29, 1.82) is 0 Å². The second-order valence-electron chi connectivity index (χ2n) is 5.24. The summed E-state index contributed by atoms with van der Waals surface area (Å²) in [6.07, 6.45) is 4.52. The molecule has 1 atom stereocenters. The molecule has 1 saturated heterocycles. The Morgan fingerprint density at radius 1 is 1.47 bits per heavy atom. The zero-order chi connectivity index (χ0) is 13.4. The van der Waals surface area contributed by atoms with E-state index in [1.807, 2.05) is 0 Å². The van der Waals surface area contributed by atoms with Gasteiger partial charge in [0.05, 0.1) is 11.8 Å². The zero-order valence-corrected chi connectivity index (χ0v) is 11.8. The molecule has 0 spiro atoms. The van der Waals surface area contributed by atoms with Crippen molar-refractivity contribution in [2.24, 2.45) is 0 Å². The lowest BCUT2D eigenvalue weighted by Crippen LogP contribution is -2.39. The first kappa shape index (κ1) is 12.9. The first-order valence-electron chi connectivity index (χ1n) is 6.70. The molecule has 104 valence electrons. The van der Waals surface area contributed by atoms with Gasteiger partial charge < -0.3 is 14.7 Å². The summed E-state index contributed by atoms with van der Waals surface area (Å²) in [7, 11) is 1.73. The molecule has 1 N–H and O–H groups in total. The van der Waals surface area contributed by atoms with Crippen LogP contribution in [0.15, 0.2) is 0 Å². The van der Waals surface area contributed by atoms with Crippen LogP contribution in [0.4, 0.5) is 5.13 Å². The van der Waals surface area contributed by atoms with E-state index in [-0.39, 0.29) is 6.10 Å². The van der Waals surface area contributed by atoms with Gasteiger partial charge in [0.15, 0.2) is 5.13 Å². The van der Waals surface area contributed by atoms with E-state index in [1.54, 1.807) is 7.11 Å². The lowest BCUT2D eigenvalue weighted by Gasteiger charge is -2.31. The molecule has 1 saturated carbocycles. The molecule has 2 fully saturated rings. The summed E-state index contributed by atoms with van der Waals surface area (Å²) in [5.41, 5.74) is 0.798. The van der Waals surface area contributed by atoms with Gasteiger partial charge in [-0.3, -0.25) is 0 Å². The molecule has 1 aliphatic carbocycles. The van der Waals surface area contributed by atoms with Crippen LogP contribution in [0, 0.1) is 0 Å². The SMILES string of the molecule is COC1CCCN(c2nc(C3CC3)c(C(=O)O)s2)C1. The molecule has 2 aliphatic rings. The molecule has 19 heavy (non-hydrogen) atoms. The molecule has 0 bridgehead atoms. The van der Waals surface area contributed by atoms with Crippen molar-refractivity contribution in [2.45, 2.75) is 37.7 Å². The average Bonchev–Trinajstić information content (AvgIpc) is 3.17. The number of carbonyl (C=O) groups is 1. The van der Waals surface area contributed by atoms with E-state index < -0.39 is 5.97 Å². The number of ether oxygens (including phenoxy) is 1. The number of rotatable bonds is 4. The predicted molar refractivity (Wildman–Crippen MR) is 73.3 cm³/mol. The highest BCUT2D eigenvalue weighted by molar-refractivity contribution is 7.17. The van der Waals surface area contributed by atoms with Crippen LogP contribution in [0.2, 0.25) is 0 Å². The number of nitrogens with zero attached hydrogens (tertiary/aromatic N) is 2. The van der Waals surface area contributed by atoms with Crippen LogP contribution in [0.1, 0.15) is 47.0 Å². The largest absolute Gasteiger partial charge is 0.477 e. The third-order valence-electron chi connectivity index (χ3n) is 3.78. The topological polar surface area (TPSA) is 62.7 Å². The molecule has 1 aromatic heterocycles. The minimum Gasteiger partial charge on any atom is -0.477 e. The van der Waals surface area contributed by atoms with Gasteiger partial charge in [-0.05, 0) is 25.7 Å². The molecule has 0 radical (unpaired) electrons. The Morgan fingerprint density at radius 3 is 2.89 bits per heavy atom. The third kappa shape index (κ3) is 2.60. The van der Waals surface area contributed by atoms with Crippen LogP contribution in [0.5, 0.6) is 0 Å². The Hall–Kier alpha value is -1.14. The molecule has 2 heterocycles.